The number of halogens is 2. The van der Waals surface area contributed by atoms with Crippen molar-refractivity contribution in [1.82, 2.24) is 4.90 Å². The van der Waals surface area contributed by atoms with E-state index in [2.05, 4.69) is 16.4 Å². The van der Waals surface area contributed by atoms with Gasteiger partial charge in [-0.1, -0.05) is 51.7 Å². The minimum atomic E-state index is -0.312. The molecule has 3 aliphatic rings. The second-order valence-electron chi connectivity index (χ2n) is 6.22. The molecule has 5 rings (SSSR count). The van der Waals surface area contributed by atoms with Crippen molar-refractivity contribution in [2.75, 3.05) is 0 Å². The Morgan fingerprint density at radius 2 is 1.42 bits per heavy atom. The molecule has 2 aromatic carbocycles. The first-order chi connectivity index (χ1) is 12.7. The van der Waals surface area contributed by atoms with Gasteiger partial charge in [-0.25, -0.2) is 0 Å². The molecule has 0 radical (unpaired) electrons. The largest absolute Gasteiger partial charge is 0.369 e. The molecule has 0 bridgehead atoms. The molecule has 0 spiro atoms. The summed E-state index contributed by atoms with van der Waals surface area (Å²) in [6, 6.07) is 15.1. The minimum Gasteiger partial charge on any atom is -0.369 e. The summed E-state index contributed by atoms with van der Waals surface area (Å²) in [7, 11) is 0. The number of fused-ring (bicyclic) bond motifs is 3. The first-order valence-electron chi connectivity index (χ1n) is 8.17. The van der Waals surface area contributed by atoms with Crippen LogP contribution in [0.4, 0.5) is 0 Å². The van der Waals surface area contributed by atoms with Crippen LogP contribution in [0.3, 0.4) is 0 Å². The molecule has 3 heterocycles. The zero-order valence-corrected chi connectivity index (χ0v) is 14.9. The third-order valence-corrected chi connectivity index (χ3v) is 5.15. The van der Waals surface area contributed by atoms with Crippen LogP contribution in [0.1, 0.15) is 11.1 Å². The van der Waals surface area contributed by atoms with Gasteiger partial charge in [0.25, 0.3) is 0 Å². The molecule has 26 heavy (non-hydrogen) atoms. The van der Waals surface area contributed by atoms with Crippen LogP contribution in [0, 0.1) is 5.92 Å². The van der Waals surface area contributed by atoms with Crippen molar-refractivity contribution in [2.45, 2.75) is 12.5 Å². The highest BCUT2D eigenvalue weighted by atomic mass is 35.5. The lowest BCUT2D eigenvalue weighted by Crippen LogP contribution is -2.49. The van der Waals surface area contributed by atoms with Crippen LogP contribution < -0.4 is 0 Å². The molecule has 2 aromatic rings. The lowest BCUT2D eigenvalue weighted by molar-refractivity contribution is -0.0795. The van der Waals surface area contributed by atoms with Crippen molar-refractivity contribution in [1.29, 1.82) is 0 Å². The first-order valence-corrected chi connectivity index (χ1v) is 8.92. The van der Waals surface area contributed by atoms with Gasteiger partial charge in [0.15, 0.2) is 5.84 Å². The van der Waals surface area contributed by atoms with E-state index in [0.717, 1.165) is 16.8 Å². The number of rotatable bonds is 2. The van der Waals surface area contributed by atoms with Crippen molar-refractivity contribution in [3.05, 3.63) is 81.9 Å². The van der Waals surface area contributed by atoms with Gasteiger partial charge in [-0.15, -0.1) is 0 Å². The number of hydrogen-bond donors (Lipinski definition) is 0. The molecule has 0 aromatic heterocycles. The highest BCUT2D eigenvalue weighted by Gasteiger charge is 2.47. The average molecular weight is 386 g/mol. The molecule has 130 valence electrons. The lowest BCUT2D eigenvalue weighted by Gasteiger charge is -2.33. The van der Waals surface area contributed by atoms with Crippen molar-refractivity contribution < 1.29 is 9.68 Å². The second kappa shape index (κ2) is 6.04. The van der Waals surface area contributed by atoms with E-state index >= 15 is 0 Å². The van der Waals surface area contributed by atoms with Crippen LogP contribution >= 0.6 is 23.2 Å². The van der Waals surface area contributed by atoms with E-state index in [1.807, 2.05) is 59.5 Å². The van der Waals surface area contributed by atoms with E-state index in [1.165, 1.54) is 0 Å². The number of hydrogen-bond acceptors (Lipinski definition) is 5. The number of oxime groups is 2. The zero-order chi connectivity index (χ0) is 17.7. The molecule has 1 unspecified atom stereocenters. The van der Waals surface area contributed by atoms with E-state index in [0.29, 0.717) is 15.9 Å². The van der Waals surface area contributed by atoms with Crippen molar-refractivity contribution >= 4 is 34.7 Å². The summed E-state index contributed by atoms with van der Waals surface area (Å²) >= 11 is 12.0. The van der Waals surface area contributed by atoms with Crippen LogP contribution in [0.25, 0.3) is 0 Å². The number of benzene rings is 2. The van der Waals surface area contributed by atoms with Crippen LogP contribution in [0.15, 0.2) is 71.0 Å². The van der Waals surface area contributed by atoms with Gasteiger partial charge in [0.05, 0.1) is 11.6 Å². The van der Waals surface area contributed by atoms with Crippen molar-refractivity contribution in [3.8, 4) is 0 Å². The summed E-state index contributed by atoms with van der Waals surface area (Å²) in [6.45, 7) is 0. The Bertz CT molecular complexity index is 938. The first kappa shape index (κ1) is 15.7. The van der Waals surface area contributed by atoms with Crippen LogP contribution in [0.5, 0.6) is 0 Å². The third kappa shape index (κ3) is 2.47. The molecular formula is C19H13Cl2N3O2. The molecular weight excluding hydrogens is 373 g/mol. The van der Waals surface area contributed by atoms with Gasteiger partial charge in [-0.05, 0) is 42.5 Å². The Morgan fingerprint density at radius 3 is 2.12 bits per heavy atom. The van der Waals surface area contributed by atoms with E-state index in [-0.39, 0.29) is 18.4 Å². The van der Waals surface area contributed by atoms with E-state index in [1.54, 1.807) is 0 Å². The fraction of sp³-hybridized carbons (Fsp3) is 0.158. The molecule has 5 nitrogen and oxygen atoms in total. The summed E-state index contributed by atoms with van der Waals surface area (Å²) < 4.78 is 0. The molecule has 0 saturated heterocycles. The van der Waals surface area contributed by atoms with Gasteiger partial charge in [-0.2, -0.15) is 0 Å². The predicted octanol–water partition coefficient (Wildman–Crippen LogP) is 4.26. The predicted molar refractivity (Wildman–Crippen MR) is 100 cm³/mol. The fourth-order valence-corrected chi connectivity index (χ4v) is 3.63. The Hall–Kier alpha value is -2.50. The summed E-state index contributed by atoms with van der Waals surface area (Å²) in [5.74, 6) is 0.685. The Morgan fingerprint density at radius 1 is 0.769 bits per heavy atom. The summed E-state index contributed by atoms with van der Waals surface area (Å²) in [5.41, 5.74) is 2.76. The van der Waals surface area contributed by atoms with Crippen LogP contribution in [0.2, 0.25) is 10.0 Å². The zero-order valence-electron chi connectivity index (χ0n) is 13.4. The van der Waals surface area contributed by atoms with Gasteiger partial charge in [0.1, 0.15) is 0 Å². The summed E-state index contributed by atoms with van der Waals surface area (Å²) in [4.78, 5) is 13.4. The van der Waals surface area contributed by atoms with Gasteiger partial charge in [0, 0.05) is 21.2 Å². The molecule has 0 amide bonds. The smallest absolute Gasteiger partial charge is 0.223 e. The maximum absolute atomic E-state index is 5.99. The number of amidine groups is 1. The van der Waals surface area contributed by atoms with E-state index in [4.69, 9.17) is 32.9 Å². The molecule has 0 fully saturated rings. The van der Waals surface area contributed by atoms with Crippen LogP contribution in [-0.2, 0) is 9.68 Å². The molecule has 3 atom stereocenters. The highest BCUT2D eigenvalue weighted by Crippen LogP contribution is 2.36. The van der Waals surface area contributed by atoms with Gasteiger partial charge >= 0.3 is 0 Å². The van der Waals surface area contributed by atoms with E-state index < -0.39 is 0 Å². The quantitative estimate of drug-likeness (QED) is 0.725. The maximum Gasteiger partial charge on any atom is 0.223 e. The lowest BCUT2D eigenvalue weighted by atomic mass is 9.92. The molecule has 0 aliphatic carbocycles. The van der Waals surface area contributed by atoms with Gasteiger partial charge in [-0.3, -0.25) is 4.90 Å². The highest BCUT2D eigenvalue weighted by molar-refractivity contribution is 6.31. The third-order valence-electron chi connectivity index (χ3n) is 4.65. The molecule has 0 saturated carbocycles. The van der Waals surface area contributed by atoms with Crippen molar-refractivity contribution in [3.63, 3.8) is 0 Å². The average Bonchev–Trinajstić information content (AvgIpc) is 3.27. The van der Waals surface area contributed by atoms with Crippen molar-refractivity contribution in [2.24, 2.45) is 16.2 Å². The standard InChI is InChI=1S/C19H13Cl2N3O2/c20-13-5-1-11(2-6-13)17-15-9-10-16-24(19(15)26-22-17)18(23-25-16)12-3-7-14(21)8-4-12/h1-10,15-16,19H/t15-,16?,19-/m0/s1. The normalized spacial score (nSPS) is 25.8. The number of nitrogens with zero attached hydrogens (tertiary/aromatic N) is 3. The van der Waals surface area contributed by atoms with E-state index in [9.17, 15) is 0 Å². The maximum atomic E-state index is 5.99. The Balaban J connectivity index is 1.47. The van der Waals surface area contributed by atoms with Crippen LogP contribution in [-0.4, -0.2) is 28.9 Å². The topological polar surface area (TPSA) is 46.4 Å². The summed E-state index contributed by atoms with van der Waals surface area (Å²) in [5, 5.41) is 9.94. The Kier molecular flexibility index (Phi) is 3.65. The molecule has 3 aliphatic heterocycles. The molecule has 7 heteroatoms. The monoisotopic (exact) mass is 385 g/mol. The van der Waals surface area contributed by atoms with Gasteiger partial charge in [0.2, 0.25) is 12.5 Å². The minimum absolute atomic E-state index is 0.0216. The summed E-state index contributed by atoms with van der Waals surface area (Å²) in [6.07, 6.45) is 3.43. The molecule has 0 N–H and O–H groups in total. The van der Waals surface area contributed by atoms with Gasteiger partial charge < -0.3 is 9.68 Å². The second-order valence-corrected chi connectivity index (χ2v) is 7.09. The Labute approximate surface area is 160 Å². The fourth-order valence-electron chi connectivity index (χ4n) is 3.38. The SMILES string of the molecule is Clc1ccc(C2=NO[C@H]3[C@H]2C=CC2ON=C(c4ccc(Cl)cc4)N23)cc1.